The van der Waals surface area contributed by atoms with Gasteiger partial charge in [0.15, 0.2) is 11.4 Å². The summed E-state index contributed by atoms with van der Waals surface area (Å²) in [7, 11) is 0. The molecular formula is C18H12Cl2FNO3. The van der Waals surface area contributed by atoms with Gasteiger partial charge in [0.25, 0.3) is 5.91 Å². The van der Waals surface area contributed by atoms with Gasteiger partial charge >= 0.3 is 0 Å². The number of rotatable bonds is 3. The van der Waals surface area contributed by atoms with Crippen molar-refractivity contribution in [3.8, 4) is 0 Å². The van der Waals surface area contributed by atoms with Crippen molar-refractivity contribution in [3.05, 3.63) is 63.1 Å². The van der Waals surface area contributed by atoms with Crippen molar-refractivity contribution in [2.45, 2.75) is 13.8 Å². The van der Waals surface area contributed by atoms with Crippen LogP contribution in [0.25, 0.3) is 11.0 Å². The first kappa shape index (κ1) is 17.5. The van der Waals surface area contributed by atoms with E-state index in [-0.39, 0.29) is 38.2 Å². The Kier molecular flexibility index (Phi) is 4.54. The van der Waals surface area contributed by atoms with Crippen LogP contribution in [0.4, 0.5) is 10.1 Å². The van der Waals surface area contributed by atoms with Crippen molar-refractivity contribution >= 4 is 51.5 Å². The summed E-state index contributed by atoms with van der Waals surface area (Å²) in [5, 5.41) is 3.18. The van der Waals surface area contributed by atoms with Gasteiger partial charge in [0.1, 0.15) is 11.6 Å². The summed E-state index contributed by atoms with van der Waals surface area (Å²) in [6.45, 7) is 2.97. The number of ketones is 1. The van der Waals surface area contributed by atoms with Crippen LogP contribution < -0.4 is 5.32 Å². The number of halogens is 3. The fraction of sp³-hybridized carbons (Fsp3) is 0.111. The zero-order valence-corrected chi connectivity index (χ0v) is 14.8. The topological polar surface area (TPSA) is 59.3 Å². The molecule has 1 amide bonds. The van der Waals surface area contributed by atoms with Gasteiger partial charge in [0, 0.05) is 11.5 Å². The molecule has 0 unspecified atom stereocenters. The molecule has 128 valence electrons. The van der Waals surface area contributed by atoms with Gasteiger partial charge in [-0.1, -0.05) is 29.3 Å². The van der Waals surface area contributed by atoms with E-state index < -0.39 is 11.7 Å². The number of carbonyl (C=O) groups is 2. The number of furan rings is 1. The molecule has 7 heteroatoms. The minimum atomic E-state index is -0.614. The van der Waals surface area contributed by atoms with Crippen LogP contribution >= 0.6 is 23.2 Å². The SMILES string of the molecule is CC(=O)c1c(C)oc2c(NC(=O)c3c(Cl)cccc3Cl)cc(F)cc12. The molecular weight excluding hydrogens is 368 g/mol. The first-order valence-corrected chi connectivity index (χ1v) is 8.04. The Bertz CT molecular complexity index is 1010. The van der Waals surface area contributed by atoms with Crippen molar-refractivity contribution in [1.82, 2.24) is 0 Å². The Morgan fingerprint density at radius 2 is 1.76 bits per heavy atom. The minimum Gasteiger partial charge on any atom is -0.458 e. The lowest BCUT2D eigenvalue weighted by Gasteiger charge is -2.09. The van der Waals surface area contributed by atoms with Crippen LogP contribution in [-0.4, -0.2) is 11.7 Å². The summed E-state index contributed by atoms with van der Waals surface area (Å²) < 4.78 is 19.6. The third kappa shape index (κ3) is 3.13. The van der Waals surface area contributed by atoms with E-state index in [4.69, 9.17) is 27.6 Å². The zero-order valence-electron chi connectivity index (χ0n) is 13.2. The lowest BCUT2D eigenvalue weighted by Crippen LogP contribution is -2.13. The van der Waals surface area contributed by atoms with Crippen molar-refractivity contribution in [2.75, 3.05) is 5.32 Å². The van der Waals surface area contributed by atoms with Crippen LogP contribution in [0.1, 0.15) is 33.4 Å². The molecule has 1 N–H and O–H groups in total. The minimum absolute atomic E-state index is 0.0679. The Balaban J connectivity index is 2.12. The third-order valence-electron chi connectivity index (χ3n) is 3.72. The number of aryl methyl sites for hydroxylation is 1. The number of hydrogen-bond donors (Lipinski definition) is 1. The van der Waals surface area contributed by atoms with Gasteiger partial charge in [0.05, 0.1) is 26.9 Å². The van der Waals surface area contributed by atoms with Crippen molar-refractivity contribution in [2.24, 2.45) is 0 Å². The smallest absolute Gasteiger partial charge is 0.258 e. The number of amides is 1. The van der Waals surface area contributed by atoms with E-state index in [1.54, 1.807) is 13.0 Å². The number of benzene rings is 2. The predicted molar refractivity (Wildman–Crippen MR) is 95.3 cm³/mol. The predicted octanol–water partition coefficient (Wildman–Crippen LogP) is 5.64. The molecule has 3 aromatic rings. The lowest BCUT2D eigenvalue weighted by atomic mass is 10.1. The fourth-order valence-corrected chi connectivity index (χ4v) is 3.28. The number of fused-ring (bicyclic) bond motifs is 1. The highest BCUT2D eigenvalue weighted by Gasteiger charge is 2.21. The van der Waals surface area contributed by atoms with Crippen LogP contribution in [0.5, 0.6) is 0 Å². The molecule has 3 rings (SSSR count). The molecule has 2 aromatic carbocycles. The summed E-state index contributed by atoms with van der Waals surface area (Å²) in [4.78, 5) is 24.3. The molecule has 0 fully saturated rings. The van der Waals surface area contributed by atoms with Gasteiger partial charge in [-0.2, -0.15) is 0 Å². The second-order valence-corrected chi connectivity index (χ2v) is 6.28. The molecule has 0 atom stereocenters. The standard InChI is InChI=1S/C18H12Cl2FNO3/c1-8(23)15-9(2)25-17-11(15)6-10(21)7-14(17)22-18(24)16-12(19)4-3-5-13(16)20/h3-7H,1-2H3,(H,22,24). The summed E-state index contributed by atoms with van der Waals surface area (Å²) in [5.41, 5.74) is 0.645. The molecule has 0 aliphatic carbocycles. The molecule has 1 heterocycles. The second-order valence-electron chi connectivity index (χ2n) is 5.47. The monoisotopic (exact) mass is 379 g/mol. The number of Topliss-reactive ketones (excluding diaryl/α,β-unsaturated/α-hetero) is 1. The molecule has 0 spiro atoms. The molecule has 0 bridgehead atoms. The number of nitrogens with one attached hydrogen (secondary N) is 1. The molecule has 25 heavy (non-hydrogen) atoms. The van der Waals surface area contributed by atoms with E-state index in [1.807, 2.05) is 0 Å². The second kappa shape index (κ2) is 6.50. The van der Waals surface area contributed by atoms with Crippen molar-refractivity contribution in [1.29, 1.82) is 0 Å². The van der Waals surface area contributed by atoms with E-state index in [1.165, 1.54) is 25.1 Å². The molecule has 0 aliphatic heterocycles. The maximum absolute atomic E-state index is 14.0. The lowest BCUT2D eigenvalue weighted by molar-refractivity contribution is 0.101. The van der Waals surface area contributed by atoms with Gasteiger partial charge in [-0.15, -0.1) is 0 Å². The van der Waals surface area contributed by atoms with E-state index in [2.05, 4.69) is 5.32 Å². The highest BCUT2D eigenvalue weighted by molar-refractivity contribution is 6.40. The quantitative estimate of drug-likeness (QED) is 0.598. The van der Waals surface area contributed by atoms with Crippen molar-refractivity contribution < 1.29 is 18.4 Å². The van der Waals surface area contributed by atoms with Crippen LogP contribution in [0.2, 0.25) is 10.0 Å². The van der Waals surface area contributed by atoms with Crippen LogP contribution in [0, 0.1) is 12.7 Å². The highest BCUT2D eigenvalue weighted by Crippen LogP contribution is 2.33. The zero-order chi connectivity index (χ0) is 18.3. The summed E-state index contributed by atoms with van der Waals surface area (Å²) >= 11 is 12.0. The molecule has 1 aromatic heterocycles. The van der Waals surface area contributed by atoms with Crippen molar-refractivity contribution in [3.63, 3.8) is 0 Å². The molecule has 4 nitrogen and oxygen atoms in total. The Labute approximate surface area is 152 Å². The highest BCUT2D eigenvalue weighted by atomic mass is 35.5. The Hall–Kier alpha value is -2.37. The van der Waals surface area contributed by atoms with Gasteiger partial charge in [-0.05, 0) is 32.0 Å². The number of hydrogen-bond acceptors (Lipinski definition) is 3. The van der Waals surface area contributed by atoms with Gasteiger partial charge in [-0.3, -0.25) is 9.59 Å². The molecule has 0 saturated carbocycles. The number of carbonyl (C=O) groups excluding carboxylic acids is 2. The largest absolute Gasteiger partial charge is 0.458 e. The first-order valence-electron chi connectivity index (χ1n) is 7.28. The van der Waals surface area contributed by atoms with E-state index in [0.29, 0.717) is 11.1 Å². The molecule has 0 aliphatic rings. The van der Waals surface area contributed by atoms with Crippen LogP contribution in [0.15, 0.2) is 34.7 Å². The third-order valence-corrected chi connectivity index (χ3v) is 4.35. The Morgan fingerprint density at radius 3 is 2.36 bits per heavy atom. The first-order chi connectivity index (χ1) is 11.8. The van der Waals surface area contributed by atoms with Gasteiger partial charge in [0.2, 0.25) is 0 Å². The van der Waals surface area contributed by atoms with Gasteiger partial charge in [-0.25, -0.2) is 4.39 Å². The number of anilines is 1. The maximum Gasteiger partial charge on any atom is 0.258 e. The molecule has 0 radical (unpaired) electrons. The summed E-state index contributed by atoms with van der Waals surface area (Å²) in [6.07, 6.45) is 0. The normalized spacial score (nSPS) is 10.9. The summed E-state index contributed by atoms with van der Waals surface area (Å²) in [5.74, 6) is -1.13. The molecule has 0 saturated heterocycles. The fourth-order valence-electron chi connectivity index (χ4n) is 2.71. The summed E-state index contributed by atoms with van der Waals surface area (Å²) in [6, 6.07) is 6.96. The average Bonchev–Trinajstić information content (AvgIpc) is 2.83. The van der Waals surface area contributed by atoms with E-state index >= 15 is 0 Å². The van der Waals surface area contributed by atoms with Gasteiger partial charge < -0.3 is 9.73 Å². The van der Waals surface area contributed by atoms with Crippen LogP contribution in [-0.2, 0) is 0 Å². The van der Waals surface area contributed by atoms with E-state index in [0.717, 1.165) is 6.07 Å². The maximum atomic E-state index is 14.0. The van der Waals surface area contributed by atoms with E-state index in [9.17, 15) is 14.0 Å². The Morgan fingerprint density at radius 1 is 1.12 bits per heavy atom. The average molecular weight is 380 g/mol. The van der Waals surface area contributed by atoms with Crippen LogP contribution in [0.3, 0.4) is 0 Å².